The van der Waals surface area contributed by atoms with Crippen molar-refractivity contribution in [3.8, 4) is 0 Å². The molecule has 30 heavy (non-hydrogen) atoms. The molecule has 1 aromatic carbocycles. The third-order valence-corrected chi connectivity index (χ3v) is 5.67. The zero-order chi connectivity index (χ0) is 21.1. The Bertz CT molecular complexity index is 1110. The maximum Gasteiger partial charge on any atom is 0.267 e. The molecule has 0 bridgehead atoms. The van der Waals surface area contributed by atoms with Crippen molar-refractivity contribution in [2.75, 3.05) is 13.1 Å². The molecule has 0 spiro atoms. The SMILES string of the molecule is Cc1ccc(=O)n(CC(=O)N2CCC[C@H](c3ncc(Cc4ccccc4Cl)o3)C2)n1. The molecule has 0 radical (unpaired) electrons. The number of hydrogen-bond acceptors (Lipinski definition) is 5. The van der Waals surface area contributed by atoms with Crippen molar-refractivity contribution in [3.05, 3.63) is 80.9 Å². The van der Waals surface area contributed by atoms with Crippen LogP contribution in [0.5, 0.6) is 0 Å². The molecule has 4 rings (SSSR count). The quantitative estimate of drug-likeness (QED) is 0.625. The number of aryl methyl sites for hydroxylation is 1. The van der Waals surface area contributed by atoms with Gasteiger partial charge in [0, 0.05) is 30.6 Å². The zero-order valence-electron chi connectivity index (χ0n) is 16.8. The van der Waals surface area contributed by atoms with Crippen molar-refractivity contribution in [2.24, 2.45) is 0 Å². The minimum absolute atomic E-state index is 0.0323. The molecule has 0 unspecified atom stereocenters. The summed E-state index contributed by atoms with van der Waals surface area (Å²) in [5.74, 6) is 1.30. The Balaban J connectivity index is 1.42. The number of likely N-dealkylation sites (tertiary alicyclic amines) is 1. The lowest BCUT2D eigenvalue weighted by Crippen LogP contribution is -2.42. The maximum absolute atomic E-state index is 12.8. The monoisotopic (exact) mass is 426 g/mol. The van der Waals surface area contributed by atoms with Crippen LogP contribution in [0.2, 0.25) is 5.02 Å². The van der Waals surface area contributed by atoms with Crippen LogP contribution in [0, 0.1) is 6.92 Å². The van der Waals surface area contributed by atoms with Crippen molar-refractivity contribution in [2.45, 2.75) is 38.6 Å². The number of benzene rings is 1. The number of nitrogens with zero attached hydrogens (tertiary/aromatic N) is 4. The van der Waals surface area contributed by atoms with Gasteiger partial charge in [0.05, 0.1) is 17.8 Å². The average Bonchev–Trinajstić information content (AvgIpc) is 3.21. The van der Waals surface area contributed by atoms with E-state index < -0.39 is 0 Å². The van der Waals surface area contributed by atoms with E-state index in [-0.39, 0.29) is 23.9 Å². The summed E-state index contributed by atoms with van der Waals surface area (Å²) in [4.78, 5) is 30.9. The van der Waals surface area contributed by atoms with Crippen molar-refractivity contribution >= 4 is 17.5 Å². The average molecular weight is 427 g/mol. The van der Waals surface area contributed by atoms with Crippen LogP contribution in [0.1, 0.15) is 41.7 Å². The van der Waals surface area contributed by atoms with E-state index >= 15 is 0 Å². The van der Waals surface area contributed by atoms with Crippen molar-refractivity contribution in [3.63, 3.8) is 0 Å². The fourth-order valence-electron chi connectivity index (χ4n) is 3.72. The largest absolute Gasteiger partial charge is 0.445 e. The van der Waals surface area contributed by atoms with Gasteiger partial charge in [0.2, 0.25) is 5.91 Å². The first kappa shape index (κ1) is 20.3. The van der Waals surface area contributed by atoms with Gasteiger partial charge < -0.3 is 9.32 Å². The first-order chi connectivity index (χ1) is 14.5. The number of oxazole rings is 1. The van der Waals surface area contributed by atoms with Crippen molar-refractivity contribution in [1.29, 1.82) is 0 Å². The van der Waals surface area contributed by atoms with Crippen LogP contribution in [-0.4, -0.2) is 38.7 Å². The van der Waals surface area contributed by atoms with E-state index in [9.17, 15) is 9.59 Å². The van der Waals surface area contributed by atoms with E-state index in [1.54, 1.807) is 24.1 Å². The molecule has 2 aromatic heterocycles. The molecule has 7 nitrogen and oxygen atoms in total. The lowest BCUT2D eigenvalue weighted by Gasteiger charge is -2.31. The highest BCUT2D eigenvalue weighted by Crippen LogP contribution is 2.28. The highest BCUT2D eigenvalue weighted by Gasteiger charge is 2.28. The Morgan fingerprint density at radius 2 is 2.10 bits per heavy atom. The molecule has 0 aliphatic carbocycles. The number of piperidine rings is 1. The lowest BCUT2D eigenvalue weighted by molar-refractivity contribution is -0.133. The van der Waals surface area contributed by atoms with E-state index in [1.807, 2.05) is 24.3 Å². The van der Waals surface area contributed by atoms with Crippen LogP contribution in [-0.2, 0) is 17.8 Å². The molecule has 1 atom stereocenters. The van der Waals surface area contributed by atoms with Crippen LogP contribution >= 0.6 is 11.6 Å². The Labute approximate surface area is 179 Å². The molecule has 3 aromatic rings. The minimum atomic E-state index is -0.278. The predicted molar refractivity (Wildman–Crippen MR) is 113 cm³/mol. The first-order valence-corrected chi connectivity index (χ1v) is 10.4. The van der Waals surface area contributed by atoms with Gasteiger partial charge in [-0.2, -0.15) is 5.10 Å². The number of rotatable bonds is 5. The summed E-state index contributed by atoms with van der Waals surface area (Å²) < 4.78 is 7.20. The lowest BCUT2D eigenvalue weighted by atomic mass is 9.98. The molecule has 1 aliphatic heterocycles. The standard InChI is InChI=1S/C22H23ClN4O3/c1-15-8-9-20(28)27(25-15)14-21(29)26-10-4-6-17(13-26)22-24-12-18(30-22)11-16-5-2-3-7-19(16)23/h2-3,5,7-9,12,17H,4,6,10-11,13-14H2,1H3/t17-/m0/s1. The number of aromatic nitrogens is 3. The molecule has 1 saturated heterocycles. The molecular formula is C22H23ClN4O3. The van der Waals surface area contributed by atoms with Crippen LogP contribution < -0.4 is 5.56 Å². The zero-order valence-corrected chi connectivity index (χ0v) is 17.5. The Morgan fingerprint density at radius 3 is 2.93 bits per heavy atom. The fourth-order valence-corrected chi connectivity index (χ4v) is 3.92. The Morgan fingerprint density at radius 1 is 1.27 bits per heavy atom. The van der Waals surface area contributed by atoms with Gasteiger partial charge in [0.25, 0.3) is 5.56 Å². The van der Waals surface area contributed by atoms with E-state index in [2.05, 4.69) is 10.1 Å². The summed E-state index contributed by atoms with van der Waals surface area (Å²) in [5, 5.41) is 4.85. The smallest absolute Gasteiger partial charge is 0.267 e. The van der Waals surface area contributed by atoms with Gasteiger partial charge >= 0.3 is 0 Å². The predicted octanol–water partition coefficient (Wildman–Crippen LogP) is 3.19. The molecule has 0 N–H and O–H groups in total. The third kappa shape index (κ3) is 4.62. The summed E-state index contributed by atoms with van der Waals surface area (Å²) in [6, 6.07) is 10.7. The number of halogens is 1. The number of amides is 1. The van der Waals surface area contributed by atoms with Gasteiger partial charge in [0.15, 0.2) is 5.89 Å². The van der Waals surface area contributed by atoms with Gasteiger partial charge in [0.1, 0.15) is 12.3 Å². The van der Waals surface area contributed by atoms with Gasteiger partial charge in [-0.1, -0.05) is 29.8 Å². The van der Waals surface area contributed by atoms with Crippen molar-refractivity contribution < 1.29 is 9.21 Å². The summed E-state index contributed by atoms with van der Waals surface area (Å²) in [7, 11) is 0. The molecule has 156 valence electrons. The summed E-state index contributed by atoms with van der Waals surface area (Å²) in [5.41, 5.74) is 1.41. The van der Waals surface area contributed by atoms with E-state index in [4.69, 9.17) is 16.0 Å². The van der Waals surface area contributed by atoms with Crippen LogP contribution in [0.15, 0.2) is 51.8 Å². The molecular weight excluding hydrogens is 404 g/mol. The van der Waals surface area contributed by atoms with Crippen molar-refractivity contribution in [1.82, 2.24) is 19.7 Å². The van der Waals surface area contributed by atoms with Gasteiger partial charge in [-0.25, -0.2) is 9.67 Å². The van der Waals surface area contributed by atoms with Gasteiger partial charge in [-0.05, 0) is 37.5 Å². The summed E-state index contributed by atoms with van der Waals surface area (Å²) >= 11 is 6.24. The summed E-state index contributed by atoms with van der Waals surface area (Å²) in [6.07, 6.45) is 4.06. The molecule has 3 heterocycles. The van der Waals surface area contributed by atoms with Crippen LogP contribution in [0.25, 0.3) is 0 Å². The molecule has 0 saturated carbocycles. The second-order valence-electron chi connectivity index (χ2n) is 7.58. The van der Waals surface area contributed by atoms with E-state index in [0.29, 0.717) is 36.1 Å². The normalized spacial score (nSPS) is 16.6. The number of carbonyl (C=O) groups excluding carboxylic acids is 1. The Kier molecular flexibility index (Phi) is 5.99. The fraction of sp³-hybridized carbons (Fsp3) is 0.364. The first-order valence-electron chi connectivity index (χ1n) is 10.00. The Hall–Kier alpha value is -2.93. The molecule has 1 amide bonds. The second kappa shape index (κ2) is 8.83. The van der Waals surface area contributed by atoms with E-state index in [0.717, 1.165) is 24.2 Å². The number of hydrogen-bond donors (Lipinski definition) is 0. The highest BCUT2D eigenvalue weighted by atomic mass is 35.5. The second-order valence-corrected chi connectivity index (χ2v) is 7.99. The molecule has 8 heteroatoms. The van der Waals surface area contributed by atoms with Gasteiger partial charge in [-0.3, -0.25) is 9.59 Å². The van der Waals surface area contributed by atoms with Crippen LogP contribution in [0.4, 0.5) is 0 Å². The third-order valence-electron chi connectivity index (χ3n) is 5.30. The topological polar surface area (TPSA) is 81.2 Å². The van der Waals surface area contributed by atoms with Gasteiger partial charge in [-0.15, -0.1) is 0 Å². The number of carbonyl (C=O) groups is 1. The highest BCUT2D eigenvalue weighted by molar-refractivity contribution is 6.31. The maximum atomic E-state index is 12.8. The van der Waals surface area contributed by atoms with Crippen LogP contribution in [0.3, 0.4) is 0 Å². The molecule has 1 aliphatic rings. The summed E-state index contributed by atoms with van der Waals surface area (Å²) in [6.45, 7) is 2.91. The van der Waals surface area contributed by atoms with E-state index in [1.165, 1.54) is 10.7 Å². The minimum Gasteiger partial charge on any atom is -0.445 e. The molecule has 1 fully saturated rings.